The molecule has 0 fully saturated rings. The van der Waals surface area contributed by atoms with Crippen molar-refractivity contribution in [1.29, 1.82) is 0 Å². The van der Waals surface area contributed by atoms with Gasteiger partial charge in [0.05, 0.1) is 0 Å². The molecule has 0 N–H and O–H groups in total. The molecule has 0 spiro atoms. The molecule has 0 heteroatoms. The fourth-order valence-corrected chi connectivity index (χ4v) is 21.8. The fraction of sp³-hybridized carbons (Fsp3) is 0.133. The molecule has 16 aromatic carbocycles. The van der Waals surface area contributed by atoms with Gasteiger partial charge in [0.1, 0.15) is 0 Å². The highest BCUT2D eigenvalue weighted by molar-refractivity contribution is 5.96. The Balaban J connectivity index is 0.0000000810. The summed E-state index contributed by atoms with van der Waals surface area (Å²) >= 11 is 0. The van der Waals surface area contributed by atoms with Crippen LogP contribution in [0.5, 0.6) is 0 Å². The number of rotatable bonds is 0. The molecule has 536 valence electrons. The number of fused-ring (bicyclic) bond motifs is 35. The van der Waals surface area contributed by atoms with E-state index >= 15 is 0 Å². The molecule has 113 heavy (non-hydrogen) atoms. The molecule has 0 saturated heterocycles. The Hall–Kier alpha value is -12.7. The third kappa shape index (κ3) is 11.1. The molecule has 0 amide bonds. The van der Waals surface area contributed by atoms with E-state index in [1.165, 1.54) is 238 Å². The SMILES string of the molecule is c1ccc2c(c1)Cc1c-2ccc2c1C1=C(CCCC1)C2.c1ccc2c(c1)Cc1c-2ccc2c1Cc1ccccc1-2.c1ccc2c(c1)Cc1cc3c(cc1-2)-c1ccccc1C3.c1ccc2c(c1)Cc1cc3c(cc1-2)Cc1ccccc1-3.c1ccc2c(c1)Cc1ccc3c(c1-2)-c1ccccc1C3.c1ccc2c(c1)Cc1ccccc1-2. The molecule has 28 rings (SSSR count). The minimum Gasteiger partial charge on any atom is -0.0620 e. The lowest BCUT2D eigenvalue weighted by Gasteiger charge is -2.16. The third-order valence-corrected chi connectivity index (χ3v) is 27.0. The molecule has 0 unspecified atom stereocenters. The van der Waals surface area contributed by atoms with E-state index in [0.717, 1.165) is 64.2 Å². The van der Waals surface area contributed by atoms with Gasteiger partial charge in [-0.15, -0.1) is 0 Å². The molecule has 12 aliphatic carbocycles. The molecular formula is C113H84. The summed E-state index contributed by atoms with van der Waals surface area (Å²) in [6.07, 6.45) is 17.6. The maximum absolute atomic E-state index is 2.44. The zero-order valence-corrected chi connectivity index (χ0v) is 63.8. The highest BCUT2D eigenvalue weighted by Crippen LogP contribution is 2.53. The van der Waals surface area contributed by atoms with Gasteiger partial charge in [0, 0.05) is 0 Å². The topological polar surface area (TPSA) is 0 Å². The summed E-state index contributed by atoms with van der Waals surface area (Å²) in [5.41, 5.74) is 65.5. The molecule has 0 bridgehead atoms. The number of hydrogen-bond donors (Lipinski definition) is 0. The zero-order valence-electron chi connectivity index (χ0n) is 63.8. The largest absolute Gasteiger partial charge is 0.0620 e. The van der Waals surface area contributed by atoms with E-state index in [-0.39, 0.29) is 0 Å². The second-order valence-corrected chi connectivity index (χ2v) is 33.2. The summed E-state index contributed by atoms with van der Waals surface area (Å²) in [4.78, 5) is 0. The van der Waals surface area contributed by atoms with Gasteiger partial charge < -0.3 is 0 Å². The zero-order chi connectivity index (χ0) is 74.2. The van der Waals surface area contributed by atoms with Crippen LogP contribution in [0, 0.1) is 0 Å². The van der Waals surface area contributed by atoms with Crippen LogP contribution in [-0.2, 0) is 70.6 Å². The van der Waals surface area contributed by atoms with Crippen molar-refractivity contribution in [2.24, 2.45) is 0 Å². The smallest absolute Gasteiger partial charge is 0.000730 e. The summed E-state index contributed by atoms with van der Waals surface area (Å²) in [5.74, 6) is 0. The number of hydrogen-bond acceptors (Lipinski definition) is 0. The third-order valence-electron chi connectivity index (χ3n) is 27.0. The van der Waals surface area contributed by atoms with Gasteiger partial charge in [-0.1, -0.05) is 315 Å². The maximum atomic E-state index is 2.44. The van der Waals surface area contributed by atoms with Crippen LogP contribution >= 0.6 is 0 Å². The van der Waals surface area contributed by atoms with Gasteiger partial charge >= 0.3 is 0 Å². The van der Waals surface area contributed by atoms with Gasteiger partial charge in [0.2, 0.25) is 0 Å². The van der Waals surface area contributed by atoms with Gasteiger partial charge in [-0.05, 0) is 354 Å². The van der Waals surface area contributed by atoms with Gasteiger partial charge in [-0.3, -0.25) is 0 Å². The average Bonchev–Trinajstić information content (AvgIpc) is 1.62. The Morgan fingerprint density at radius 2 is 0.372 bits per heavy atom. The summed E-state index contributed by atoms with van der Waals surface area (Å²) < 4.78 is 0. The average molecular weight is 1440 g/mol. The lowest BCUT2D eigenvalue weighted by molar-refractivity contribution is 0.711. The Labute approximate surface area is 664 Å². The van der Waals surface area contributed by atoms with Crippen molar-refractivity contribution in [3.05, 3.63) is 456 Å². The van der Waals surface area contributed by atoms with Crippen molar-refractivity contribution < 1.29 is 0 Å². The first-order valence-corrected chi connectivity index (χ1v) is 41.4. The molecule has 0 atom stereocenters. The number of benzene rings is 16. The first-order valence-electron chi connectivity index (χ1n) is 41.4. The van der Waals surface area contributed by atoms with Crippen molar-refractivity contribution in [2.75, 3.05) is 0 Å². The standard InChI is InChI=1S/C20H18.4C20H14.C13H10/c1-3-7-16-14(6-1)12-19-18(16)10-9-15-11-13-5-2-4-8-17(13)20(15)19;1-3-7-17-13(5-1)9-15-11-20-16(12-19(15)17)10-14-6-2-4-8-18(14)20;1-3-7-17-13(5-1)9-15-11-16-10-14-6-2-4-8-18(14)20(16)12-19(15)17;1-3-7-17-13(5-1)11-15-9-10-16-12-14-6-2-4-8-18(14)20(16)19(15)17;1-3-7-15-13(5-1)11-19-17(15)9-10-18-16-8-4-2-6-14(16)12-20(18)19;1-3-7-12-10(5-1)9-11-6-2-4-8-13(11)12/h1,3,6-7,9-10H,2,4-5,8,11-12H2;2*1-8,11-12H,9-10H2;2*1-10H,11-12H2;1-8H,9H2. The molecule has 0 aromatic heterocycles. The van der Waals surface area contributed by atoms with Crippen LogP contribution in [0.4, 0.5) is 0 Å². The minimum absolute atomic E-state index is 1.08. The lowest BCUT2D eigenvalue weighted by Crippen LogP contribution is -1.96. The minimum atomic E-state index is 1.08. The van der Waals surface area contributed by atoms with Gasteiger partial charge in [-0.25, -0.2) is 0 Å². The monoisotopic (exact) mass is 1440 g/mol. The summed E-state index contributed by atoms with van der Waals surface area (Å²) in [6.45, 7) is 0. The van der Waals surface area contributed by atoms with Crippen molar-refractivity contribution in [3.8, 4) is 111 Å². The second-order valence-electron chi connectivity index (χ2n) is 33.2. The van der Waals surface area contributed by atoms with E-state index in [9.17, 15) is 0 Å². The van der Waals surface area contributed by atoms with Crippen LogP contribution < -0.4 is 0 Å². The van der Waals surface area contributed by atoms with E-state index in [0.29, 0.717) is 0 Å². The molecule has 0 aliphatic heterocycles. The van der Waals surface area contributed by atoms with Crippen LogP contribution in [0.25, 0.3) is 117 Å². The van der Waals surface area contributed by atoms with Crippen LogP contribution in [0.1, 0.15) is 148 Å². The molecule has 16 aromatic rings. The van der Waals surface area contributed by atoms with Crippen LogP contribution in [0.15, 0.2) is 333 Å². The quantitative estimate of drug-likeness (QED) is 0.142. The summed E-state index contributed by atoms with van der Waals surface area (Å²) in [7, 11) is 0. The van der Waals surface area contributed by atoms with Crippen molar-refractivity contribution in [3.63, 3.8) is 0 Å². The van der Waals surface area contributed by atoms with Gasteiger partial charge in [0.15, 0.2) is 0 Å². The highest BCUT2D eigenvalue weighted by Gasteiger charge is 2.34. The molecule has 0 nitrogen and oxygen atoms in total. The van der Waals surface area contributed by atoms with Crippen LogP contribution in [0.3, 0.4) is 0 Å². The molecule has 12 aliphatic rings. The lowest BCUT2D eigenvalue weighted by atomic mass is 9.89. The van der Waals surface area contributed by atoms with Crippen molar-refractivity contribution in [1.82, 2.24) is 0 Å². The van der Waals surface area contributed by atoms with Crippen molar-refractivity contribution >= 4 is 5.57 Å². The number of allylic oxidation sites excluding steroid dienone is 2. The fourth-order valence-electron chi connectivity index (χ4n) is 21.8. The Bertz CT molecular complexity index is 6360. The molecule has 0 heterocycles. The van der Waals surface area contributed by atoms with Crippen LogP contribution in [0.2, 0.25) is 0 Å². The first kappa shape index (κ1) is 66.1. The van der Waals surface area contributed by atoms with E-state index < -0.39 is 0 Å². The maximum Gasteiger partial charge on any atom is -0.000730 e. The highest BCUT2D eigenvalue weighted by atomic mass is 14.4. The first-order chi connectivity index (χ1) is 56.0. The van der Waals surface area contributed by atoms with E-state index in [2.05, 4.69) is 328 Å². The van der Waals surface area contributed by atoms with Crippen molar-refractivity contribution in [2.45, 2.75) is 96.3 Å². The molecule has 0 saturated carbocycles. The van der Waals surface area contributed by atoms with E-state index in [4.69, 9.17) is 0 Å². The van der Waals surface area contributed by atoms with E-state index in [1.54, 1.807) is 39.0 Å². The molecule has 0 radical (unpaired) electrons. The Kier molecular flexibility index (Phi) is 15.8. The second kappa shape index (κ2) is 27.0. The summed E-state index contributed by atoms with van der Waals surface area (Å²) in [6, 6.07) is 121. The van der Waals surface area contributed by atoms with Gasteiger partial charge in [-0.2, -0.15) is 0 Å². The van der Waals surface area contributed by atoms with E-state index in [1.807, 2.05) is 0 Å². The Morgan fingerprint density at radius 3 is 0.752 bits per heavy atom. The predicted molar refractivity (Wildman–Crippen MR) is 470 cm³/mol. The Morgan fingerprint density at radius 1 is 0.133 bits per heavy atom. The van der Waals surface area contributed by atoms with Gasteiger partial charge in [0.25, 0.3) is 0 Å². The predicted octanol–water partition coefficient (Wildman–Crippen LogP) is 27.7. The normalized spacial score (nSPS) is 14.3. The molecular weight excluding hydrogens is 1360 g/mol. The van der Waals surface area contributed by atoms with Crippen LogP contribution in [-0.4, -0.2) is 0 Å². The summed E-state index contributed by atoms with van der Waals surface area (Å²) in [5, 5.41) is 0.